The van der Waals surface area contributed by atoms with Crippen LogP contribution in [-0.4, -0.2) is 61.5 Å². The molecule has 0 aliphatic carbocycles. The molecule has 0 bridgehead atoms. The number of benzene rings is 2. The Morgan fingerprint density at radius 1 is 1.04 bits per heavy atom. The lowest BCUT2D eigenvalue weighted by Gasteiger charge is -2.41. The molecule has 2 aliphatic heterocycles. The molecule has 2 aliphatic rings. The largest absolute Gasteiger partial charge is 0.352 e. The molecule has 144 valence electrons. The third-order valence-electron chi connectivity index (χ3n) is 6.34. The molecule has 4 nitrogen and oxygen atoms in total. The van der Waals surface area contributed by atoms with Gasteiger partial charge < -0.3 is 10.2 Å². The van der Waals surface area contributed by atoms with Crippen molar-refractivity contribution < 1.29 is 4.79 Å². The van der Waals surface area contributed by atoms with Gasteiger partial charge in [0.1, 0.15) is 0 Å². The fourth-order valence-corrected chi connectivity index (χ4v) is 4.71. The summed E-state index contributed by atoms with van der Waals surface area (Å²) in [6.07, 6.45) is 5.04. The molecule has 0 saturated carbocycles. The van der Waals surface area contributed by atoms with Crippen LogP contribution in [0.2, 0.25) is 0 Å². The van der Waals surface area contributed by atoms with Gasteiger partial charge in [-0.3, -0.25) is 9.69 Å². The van der Waals surface area contributed by atoms with Crippen molar-refractivity contribution >= 4 is 16.7 Å². The van der Waals surface area contributed by atoms with Crippen LogP contribution in [-0.2, 0) is 0 Å². The summed E-state index contributed by atoms with van der Waals surface area (Å²) >= 11 is 0. The molecule has 0 unspecified atom stereocenters. The van der Waals surface area contributed by atoms with Crippen molar-refractivity contribution in [2.24, 2.45) is 5.92 Å². The van der Waals surface area contributed by atoms with Gasteiger partial charge in [0.05, 0.1) is 0 Å². The Hall–Kier alpha value is -1.91. The van der Waals surface area contributed by atoms with E-state index >= 15 is 0 Å². The van der Waals surface area contributed by atoms with E-state index in [2.05, 4.69) is 34.3 Å². The van der Waals surface area contributed by atoms with Crippen LogP contribution >= 0.6 is 0 Å². The van der Waals surface area contributed by atoms with Crippen molar-refractivity contribution in [3.8, 4) is 0 Å². The highest BCUT2D eigenvalue weighted by molar-refractivity contribution is 6.06. The first-order valence-electron chi connectivity index (χ1n) is 10.4. The van der Waals surface area contributed by atoms with Crippen LogP contribution in [0.3, 0.4) is 0 Å². The number of nitrogens with zero attached hydrogens (tertiary/aromatic N) is 2. The summed E-state index contributed by atoms with van der Waals surface area (Å²) in [5, 5.41) is 5.38. The number of amides is 1. The van der Waals surface area contributed by atoms with Gasteiger partial charge in [-0.2, -0.15) is 0 Å². The van der Waals surface area contributed by atoms with Crippen LogP contribution < -0.4 is 5.32 Å². The highest BCUT2D eigenvalue weighted by Gasteiger charge is 2.28. The van der Waals surface area contributed by atoms with Crippen LogP contribution in [0.25, 0.3) is 10.8 Å². The number of nitrogens with one attached hydrogen (secondary N) is 1. The Balaban J connectivity index is 1.34. The van der Waals surface area contributed by atoms with Crippen molar-refractivity contribution in [2.45, 2.75) is 31.7 Å². The summed E-state index contributed by atoms with van der Waals surface area (Å²) in [5.74, 6) is 0.626. The summed E-state index contributed by atoms with van der Waals surface area (Å²) in [7, 11) is 2.22. The third-order valence-corrected chi connectivity index (χ3v) is 6.34. The van der Waals surface area contributed by atoms with E-state index in [1.165, 1.54) is 45.3 Å². The number of carbonyl (C=O) groups is 1. The van der Waals surface area contributed by atoms with E-state index in [-0.39, 0.29) is 5.91 Å². The molecule has 2 heterocycles. The van der Waals surface area contributed by atoms with E-state index in [1.54, 1.807) is 0 Å². The van der Waals surface area contributed by atoms with Gasteiger partial charge in [-0.15, -0.1) is 0 Å². The Labute approximate surface area is 162 Å². The Kier molecular flexibility index (Phi) is 5.74. The first-order chi connectivity index (χ1) is 13.2. The van der Waals surface area contributed by atoms with E-state index in [1.807, 2.05) is 30.3 Å². The molecule has 27 heavy (non-hydrogen) atoms. The molecule has 1 atom stereocenters. The molecule has 2 fully saturated rings. The molecule has 2 saturated heterocycles. The second kappa shape index (κ2) is 8.41. The molecule has 1 amide bonds. The molecular formula is C23H31N3O. The Morgan fingerprint density at radius 2 is 1.81 bits per heavy atom. The average molecular weight is 366 g/mol. The number of rotatable bonds is 4. The lowest BCUT2D eigenvalue weighted by atomic mass is 9.93. The molecule has 4 heteroatoms. The second-order valence-corrected chi connectivity index (χ2v) is 8.27. The molecule has 2 aromatic rings. The maximum atomic E-state index is 12.8. The first kappa shape index (κ1) is 18.5. The summed E-state index contributed by atoms with van der Waals surface area (Å²) < 4.78 is 0. The van der Waals surface area contributed by atoms with Gasteiger partial charge in [0, 0.05) is 24.7 Å². The van der Waals surface area contributed by atoms with Gasteiger partial charge in [0.2, 0.25) is 0 Å². The number of piperidine rings is 2. The summed E-state index contributed by atoms with van der Waals surface area (Å²) in [6.45, 7) is 5.56. The van der Waals surface area contributed by atoms with Crippen molar-refractivity contribution in [3.05, 3.63) is 48.0 Å². The minimum atomic E-state index is 0.0585. The van der Waals surface area contributed by atoms with Gasteiger partial charge in [0.15, 0.2) is 0 Å². The second-order valence-electron chi connectivity index (χ2n) is 8.27. The first-order valence-corrected chi connectivity index (χ1v) is 10.4. The SMILES string of the molecule is CN1CCC(N2CCC[C@H](CNC(=O)c3cccc4ccccc34)C2)CC1. The van der Waals surface area contributed by atoms with E-state index in [0.717, 1.165) is 35.5 Å². The number of hydrogen-bond acceptors (Lipinski definition) is 3. The summed E-state index contributed by atoms with van der Waals surface area (Å²) in [4.78, 5) is 17.9. The topological polar surface area (TPSA) is 35.6 Å². The fourth-order valence-electron chi connectivity index (χ4n) is 4.71. The lowest BCUT2D eigenvalue weighted by molar-refractivity contribution is 0.0754. The van der Waals surface area contributed by atoms with Crippen molar-refractivity contribution in [1.82, 2.24) is 15.1 Å². The van der Waals surface area contributed by atoms with Crippen LogP contribution in [0.1, 0.15) is 36.0 Å². The van der Waals surface area contributed by atoms with Gasteiger partial charge in [-0.05, 0) is 75.1 Å². The average Bonchev–Trinajstić information content (AvgIpc) is 2.72. The smallest absolute Gasteiger partial charge is 0.251 e. The fraction of sp³-hybridized carbons (Fsp3) is 0.522. The van der Waals surface area contributed by atoms with Crippen molar-refractivity contribution in [1.29, 1.82) is 0 Å². The van der Waals surface area contributed by atoms with Gasteiger partial charge >= 0.3 is 0 Å². The zero-order valence-electron chi connectivity index (χ0n) is 16.4. The van der Waals surface area contributed by atoms with Crippen molar-refractivity contribution in [2.75, 3.05) is 39.8 Å². The quantitative estimate of drug-likeness (QED) is 0.902. The monoisotopic (exact) mass is 365 g/mol. The van der Waals surface area contributed by atoms with E-state index in [0.29, 0.717) is 5.92 Å². The van der Waals surface area contributed by atoms with Crippen LogP contribution in [0.4, 0.5) is 0 Å². The summed E-state index contributed by atoms with van der Waals surface area (Å²) in [6, 6.07) is 14.8. The van der Waals surface area contributed by atoms with Gasteiger partial charge in [-0.1, -0.05) is 36.4 Å². The zero-order chi connectivity index (χ0) is 18.6. The maximum Gasteiger partial charge on any atom is 0.251 e. The van der Waals surface area contributed by atoms with E-state index in [4.69, 9.17) is 0 Å². The van der Waals surface area contributed by atoms with Crippen LogP contribution in [0.15, 0.2) is 42.5 Å². The molecule has 0 spiro atoms. The van der Waals surface area contributed by atoms with E-state index < -0.39 is 0 Å². The van der Waals surface area contributed by atoms with Crippen LogP contribution in [0, 0.1) is 5.92 Å². The Bertz CT molecular complexity index is 777. The molecule has 4 rings (SSSR count). The van der Waals surface area contributed by atoms with Crippen LogP contribution in [0.5, 0.6) is 0 Å². The third kappa shape index (κ3) is 4.33. The molecule has 1 N–H and O–H groups in total. The molecular weight excluding hydrogens is 334 g/mol. The Morgan fingerprint density at radius 3 is 2.67 bits per heavy atom. The number of hydrogen-bond donors (Lipinski definition) is 1. The minimum absolute atomic E-state index is 0.0585. The number of fused-ring (bicyclic) bond motifs is 1. The standard InChI is InChI=1S/C23H31N3O/c1-25-14-11-20(12-15-25)26-13-5-6-18(17-26)16-24-23(27)22-10-4-8-19-7-2-3-9-21(19)22/h2-4,7-10,18,20H,5-6,11-17H2,1H3,(H,24,27)/t18-/m1/s1. The van der Waals surface area contributed by atoms with Crippen molar-refractivity contribution in [3.63, 3.8) is 0 Å². The summed E-state index contributed by atoms with van der Waals surface area (Å²) in [5.41, 5.74) is 0.788. The minimum Gasteiger partial charge on any atom is -0.352 e. The maximum absolute atomic E-state index is 12.8. The lowest BCUT2D eigenvalue weighted by Crippen LogP contribution is -2.49. The highest BCUT2D eigenvalue weighted by Crippen LogP contribution is 2.24. The predicted molar refractivity (Wildman–Crippen MR) is 111 cm³/mol. The normalized spacial score (nSPS) is 22.8. The molecule has 2 aromatic carbocycles. The van der Waals surface area contributed by atoms with Gasteiger partial charge in [0.25, 0.3) is 5.91 Å². The highest BCUT2D eigenvalue weighted by atomic mass is 16.1. The van der Waals surface area contributed by atoms with Gasteiger partial charge in [-0.25, -0.2) is 0 Å². The molecule has 0 aromatic heterocycles. The van der Waals surface area contributed by atoms with E-state index in [9.17, 15) is 4.79 Å². The molecule has 0 radical (unpaired) electrons. The number of carbonyl (C=O) groups excluding carboxylic acids is 1. The zero-order valence-corrected chi connectivity index (χ0v) is 16.4. The predicted octanol–water partition coefficient (Wildman–Crippen LogP) is 3.38. The number of likely N-dealkylation sites (tertiary alicyclic amines) is 2.